The number of hydrogen-bond donors (Lipinski definition) is 0. The molecular weight excluding hydrogens is 212 g/mol. The van der Waals surface area contributed by atoms with Crippen LogP contribution in [0.15, 0.2) is 23.5 Å². The zero-order chi connectivity index (χ0) is 11.8. The van der Waals surface area contributed by atoms with Crippen molar-refractivity contribution in [3.05, 3.63) is 35.4 Å². The summed E-state index contributed by atoms with van der Waals surface area (Å²) in [6.07, 6.45) is 6.82. The summed E-state index contributed by atoms with van der Waals surface area (Å²) in [4.78, 5) is 8.81. The second-order valence-electron chi connectivity index (χ2n) is 4.35. The van der Waals surface area contributed by atoms with E-state index >= 15 is 0 Å². The number of aryl methyl sites for hydroxylation is 2. The number of nitrogens with zero attached hydrogens (tertiary/aromatic N) is 4. The third-order valence-corrected chi connectivity index (χ3v) is 3.04. The predicted octanol–water partition coefficient (Wildman–Crippen LogP) is 1.77. The molecule has 0 aromatic carbocycles. The maximum Gasteiger partial charge on any atom is 0.0672 e. The Bertz CT molecular complexity index is 595. The molecule has 0 saturated heterocycles. The smallest absolute Gasteiger partial charge is 0.0672 e. The maximum absolute atomic E-state index is 4.52. The molecule has 3 rings (SSSR count). The standard InChI is InChI=1S/C13H14N4/c1-9-12(8-17(2)16-9)10-5-11-6-14-4-3-13(11)15-7-10/h5-8H,3-4H2,1-2H3. The number of aromatic nitrogens is 3. The molecule has 0 fully saturated rings. The highest BCUT2D eigenvalue weighted by Crippen LogP contribution is 2.24. The van der Waals surface area contributed by atoms with E-state index in [-0.39, 0.29) is 0 Å². The van der Waals surface area contributed by atoms with Gasteiger partial charge in [-0.05, 0) is 13.0 Å². The van der Waals surface area contributed by atoms with Crippen LogP contribution >= 0.6 is 0 Å². The minimum Gasteiger partial charge on any atom is -0.292 e. The lowest BCUT2D eigenvalue weighted by Crippen LogP contribution is -2.05. The van der Waals surface area contributed by atoms with Gasteiger partial charge < -0.3 is 0 Å². The van der Waals surface area contributed by atoms with Gasteiger partial charge in [-0.25, -0.2) is 0 Å². The molecule has 4 nitrogen and oxygen atoms in total. The minimum absolute atomic E-state index is 0.852. The third kappa shape index (κ3) is 1.75. The molecule has 0 radical (unpaired) electrons. The summed E-state index contributed by atoms with van der Waals surface area (Å²) in [6, 6.07) is 2.15. The van der Waals surface area contributed by atoms with Gasteiger partial charge in [-0.1, -0.05) is 0 Å². The zero-order valence-electron chi connectivity index (χ0n) is 10.0. The largest absolute Gasteiger partial charge is 0.292 e. The molecule has 0 aliphatic carbocycles. The quantitative estimate of drug-likeness (QED) is 0.743. The van der Waals surface area contributed by atoms with E-state index in [1.54, 1.807) is 0 Å². The Labute approximate surface area is 100 Å². The topological polar surface area (TPSA) is 43.1 Å². The molecule has 2 aromatic rings. The Hall–Kier alpha value is -1.97. The molecule has 4 heteroatoms. The summed E-state index contributed by atoms with van der Waals surface area (Å²) in [5.74, 6) is 0. The van der Waals surface area contributed by atoms with E-state index in [2.05, 4.69) is 21.1 Å². The second-order valence-corrected chi connectivity index (χ2v) is 4.35. The van der Waals surface area contributed by atoms with E-state index in [1.807, 2.05) is 37.3 Å². The first kappa shape index (κ1) is 10.2. The molecule has 0 N–H and O–H groups in total. The van der Waals surface area contributed by atoms with Crippen LogP contribution in [0.2, 0.25) is 0 Å². The van der Waals surface area contributed by atoms with E-state index in [4.69, 9.17) is 0 Å². The lowest BCUT2D eigenvalue weighted by Gasteiger charge is -2.09. The first-order chi connectivity index (χ1) is 8.24. The molecule has 0 unspecified atom stereocenters. The van der Waals surface area contributed by atoms with Crippen LogP contribution < -0.4 is 0 Å². The molecule has 17 heavy (non-hydrogen) atoms. The lowest BCUT2D eigenvalue weighted by molar-refractivity contribution is 0.756. The normalized spacial score (nSPS) is 13.8. The van der Waals surface area contributed by atoms with Gasteiger partial charge >= 0.3 is 0 Å². The van der Waals surface area contributed by atoms with Crippen molar-refractivity contribution in [3.8, 4) is 11.1 Å². The summed E-state index contributed by atoms with van der Waals surface area (Å²) in [5.41, 5.74) is 5.56. The van der Waals surface area contributed by atoms with Crippen molar-refractivity contribution in [2.75, 3.05) is 6.54 Å². The van der Waals surface area contributed by atoms with Gasteiger partial charge in [0.2, 0.25) is 0 Å². The van der Waals surface area contributed by atoms with E-state index < -0.39 is 0 Å². The molecule has 0 spiro atoms. The fraction of sp³-hybridized carbons (Fsp3) is 0.308. The molecule has 0 bridgehead atoms. The van der Waals surface area contributed by atoms with Crippen LogP contribution in [-0.4, -0.2) is 27.5 Å². The molecule has 3 heterocycles. The van der Waals surface area contributed by atoms with Gasteiger partial charge in [-0.15, -0.1) is 0 Å². The summed E-state index contributed by atoms with van der Waals surface area (Å²) >= 11 is 0. The van der Waals surface area contributed by atoms with Crippen LogP contribution in [-0.2, 0) is 13.5 Å². The maximum atomic E-state index is 4.52. The van der Waals surface area contributed by atoms with Gasteiger partial charge in [-0.3, -0.25) is 14.7 Å². The Balaban J connectivity index is 2.11. The monoisotopic (exact) mass is 226 g/mol. The molecule has 0 atom stereocenters. The fourth-order valence-electron chi connectivity index (χ4n) is 2.19. The van der Waals surface area contributed by atoms with Crippen LogP contribution in [0.1, 0.15) is 17.0 Å². The van der Waals surface area contributed by atoms with Crippen LogP contribution in [0.3, 0.4) is 0 Å². The highest BCUT2D eigenvalue weighted by molar-refractivity contribution is 5.84. The summed E-state index contributed by atoms with van der Waals surface area (Å²) < 4.78 is 1.83. The van der Waals surface area contributed by atoms with Crippen LogP contribution in [0.4, 0.5) is 0 Å². The Morgan fingerprint density at radius 3 is 3.00 bits per heavy atom. The van der Waals surface area contributed by atoms with E-state index in [0.29, 0.717) is 0 Å². The summed E-state index contributed by atoms with van der Waals surface area (Å²) in [5, 5.41) is 4.35. The van der Waals surface area contributed by atoms with Gasteiger partial charge in [-0.2, -0.15) is 5.10 Å². The number of aliphatic imine (C=N–C) groups is 1. The predicted molar refractivity (Wildman–Crippen MR) is 67.3 cm³/mol. The molecular formula is C13H14N4. The Morgan fingerprint density at radius 2 is 2.24 bits per heavy atom. The van der Waals surface area contributed by atoms with Crippen LogP contribution in [0, 0.1) is 6.92 Å². The second kappa shape index (κ2) is 3.80. The van der Waals surface area contributed by atoms with Crippen molar-refractivity contribution < 1.29 is 0 Å². The van der Waals surface area contributed by atoms with Gasteiger partial charge in [0.1, 0.15) is 0 Å². The highest BCUT2D eigenvalue weighted by Gasteiger charge is 2.11. The number of hydrogen-bond acceptors (Lipinski definition) is 3. The van der Waals surface area contributed by atoms with Crippen molar-refractivity contribution in [3.63, 3.8) is 0 Å². The zero-order valence-corrected chi connectivity index (χ0v) is 10.0. The molecule has 1 aliphatic heterocycles. The SMILES string of the molecule is Cc1nn(C)cc1-c1cnc2c(c1)C=NCC2. The summed E-state index contributed by atoms with van der Waals surface area (Å²) in [6.45, 7) is 2.87. The lowest BCUT2D eigenvalue weighted by atomic mass is 10.0. The van der Waals surface area contributed by atoms with E-state index in [0.717, 1.165) is 41.0 Å². The summed E-state index contributed by atoms with van der Waals surface area (Å²) in [7, 11) is 1.93. The molecule has 0 amide bonds. The minimum atomic E-state index is 0.852. The number of fused-ring (bicyclic) bond motifs is 1. The van der Waals surface area contributed by atoms with Crippen LogP contribution in [0.5, 0.6) is 0 Å². The molecule has 86 valence electrons. The van der Waals surface area contributed by atoms with Gasteiger partial charge in [0.25, 0.3) is 0 Å². The van der Waals surface area contributed by atoms with E-state index in [1.165, 1.54) is 0 Å². The van der Waals surface area contributed by atoms with Gasteiger partial charge in [0.05, 0.1) is 11.4 Å². The first-order valence-corrected chi connectivity index (χ1v) is 5.73. The van der Waals surface area contributed by atoms with Crippen molar-refractivity contribution >= 4 is 6.21 Å². The van der Waals surface area contributed by atoms with Gasteiger partial charge in [0.15, 0.2) is 0 Å². The number of rotatable bonds is 1. The van der Waals surface area contributed by atoms with Crippen molar-refractivity contribution in [1.29, 1.82) is 0 Å². The van der Waals surface area contributed by atoms with E-state index in [9.17, 15) is 0 Å². The molecule has 2 aromatic heterocycles. The average molecular weight is 226 g/mol. The Kier molecular flexibility index (Phi) is 2.28. The Morgan fingerprint density at radius 1 is 1.35 bits per heavy atom. The third-order valence-electron chi connectivity index (χ3n) is 3.04. The van der Waals surface area contributed by atoms with Crippen LogP contribution in [0.25, 0.3) is 11.1 Å². The van der Waals surface area contributed by atoms with Crippen molar-refractivity contribution in [2.45, 2.75) is 13.3 Å². The van der Waals surface area contributed by atoms with Crippen molar-refractivity contribution in [2.24, 2.45) is 12.0 Å². The molecule has 0 saturated carbocycles. The highest BCUT2D eigenvalue weighted by atomic mass is 15.2. The average Bonchev–Trinajstić information content (AvgIpc) is 2.68. The van der Waals surface area contributed by atoms with Gasteiger partial charge in [0, 0.05) is 55.3 Å². The molecule has 1 aliphatic rings. The first-order valence-electron chi connectivity index (χ1n) is 5.73. The number of pyridine rings is 1. The van der Waals surface area contributed by atoms with Crippen molar-refractivity contribution in [1.82, 2.24) is 14.8 Å². The fourth-order valence-corrected chi connectivity index (χ4v) is 2.19.